The zero-order valence-electron chi connectivity index (χ0n) is 12.0. The summed E-state index contributed by atoms with van der Waals surface area (Å²) in [6.07, 6.45) is 1.53. The van der Waals surface area contributed by atoms with Crippen LogP contribution in [0.3, 0.4) is 0 Å². The third-order valence-corrected chi connectivity index (χ3v) is 5.88. The molecule has 0 N–H and O–H groups in total. The van der Waals surface area contributed by atoms with Crippen LogP contribution in [0.5, 0.6) is 0 Å². The molecular formula is C15H22O3S. The van der Waals surface area contributed by atoms with E-state index in [1.165, 1.54) is 0 Å². The van der Waals surface area contributed by atoms with Gasteiger partial charge in [0.25, 0.3) is 0 Å². The van der Waals surface area contributed by atoms with Crippen LogP contribution in [0.1, 0.15) is 33.3 Å². The van der Waals surface area contributed by atoms with E-state index in [0.29, 0.717) is 23.0 Å². The zero-order chi connectivity index (χ0) is 14.2. The van der Waals surface area contributed by atoms with Crippen LogP contribution in [-0.2, 0) is 21.0 Å². The van der Waals surface area contributed by atoms with Crippen molar-refractivity contribution in [2.24, 2.45) is 5.92 Å². The van der Waals surface area contributed by atoms with E-state index in [0.717, 1.165) is 12.0 Å². The quantitative estimate of drug-likeness (QED) is 0.780. The van der Waals surface area contributed by atoms with Crippen molar-refractivity contribution < 1.29 is 13.2 Å². The monoisotopic (exact) mass is 282 g/mol. The van der Waals surface area contributed by atoms with E-state index in [1.54, 1.807) is 26.0 Å². The summed E-state index contributed by atoms with van der Waals surface area (Å²) in [7, 11) is -3.18. The summed E-state index contributed by atoms with van der Waals surface area (Å²) in [5.41, 5.74) is 1.07. The summed E-state index contributed by atoms with van der Waals surface area (Å²) in [6, 6.07) is 7.30. The van der Waals surface area contributed by atoms with Crippen molar-refractivity contribution in [1.29, 1.82) is 0 Å². The Morgan fingerprint density at radius 2 is 1.89 bits per heavy atom. The molecule has 3 unspecified atom stereocenters. The van der Waals surface area contributed by atoms with Gasteiger partial charge in [0.1, 0.15) is 0 Å². The van der Waals surface area contributed by atoms with Gasteiger partial charge in [-0.2, -0.15) is 0 Å². The molecule has 1 aliphatic rings. The summed E-state index contributed by atoms with van der Waals surface area (Å²) in [5.74, 6) is 0.423. The Kier molecular flexibility index (Phi) is 4.02. The van der Waals surface area contributed by atoms with Crippen molar-refractivity contribution in [3.8, 4) is 0 Å². The van der Waals surface area contributed by atoms with E-state index in [4.69, 9.17) is 4.74 Å². The van der Waals surface area contributed by atoms with Crippen molar-refractivity contribution in [2.45, 2.75) is 56.5 Å². The smallest absolute Gasteiger partial charge is 0.180 e. The van der Waals surface area contributed by atoms with Crippen molar-refractivity contribution in [3.63, 3.8) is 0 Å². The second kappa shape index (κ2) is 5.25. The first kappa shape index (κ1) is 14.5. The number of rotatable bonds is 5. The predicted molar refractivity (Wildman–Crippen MR) is 76.0 cm³/mol. The first-order valence-electron chi connectivity index (χ1n) is 6.80. The Morgan fingerprint density at radius 1 is 1.26 bits per heavy atom. The maximum absolute atomic E-state index is 12.1. The number of benzene rings is 1. The highest BCUT2D eigenvalue weighted by atomic mass is 32.2. The molecule has 106 valence electrons. The molecule has 1 fully saturated rings. The Hall–Kier alpha value is -0.870. The largest absolute Gasteiger partial charge is 0.370 e. The average Bonchev–Trinajstić information content (AvgIpc) is 3.06. The number of sulfone groups is 1. The Labute approximate surface area is 115 Å². The van der Waals surface area contributed by atoms with Gasteiger partial charge in [-0.15, -0.1) is 0 Å². The Bertz CT molecular complexity index is 548. The summed E-state index contributed by atoms with van der Waals surface area (Å²) < 4.78 is 29.8. The van der Waals surface area contributed by atoms with Gasteiger partial charge in [-0.3, -0.25) is 0 Å². The lowest BCUT2D eigenvalue weighted by molar-refractivity contribution is 0.328. The summed E-state index contributed by atoms with van der Waals surface area (Å²) >= 11 is 0. The topological polar surface area (TPSA) is 46.7 Å². The van der Waals surface area contributed by atoms with E-state index in [9.17, 15) is 8.42 Å². The molecule has 1 saturated heterocycles. The molecule has 3 atom stereocenters. The first-order chi connectivity index (χ1) is 8.82. The number of epoxide rings is 1. The normalized spacial score (nSPS) is 24.5. The highest BCUT2D eigenvalue weighted by Gasteiger charge is 2.38. The van der Waals surface area contributed by atoms with Gasteiger partial charge in [0.05, 0.1) is 22.4 Å². The van der Waals surface area contributed by atoms with Crippen LogP contribution < -0.4 is 0 Å². The Balaban J connectivity index is 2.16. The summed E-state index contributed by atoms with van der Waals surface area (Å²) in [6.45, 7) is 7.65. The van der Waals surface area contributed by atoms with Crippen LogP contribution in [0.4, 0.5) is 0 Å². The molecule has 4 heteroatoms. The average molecular weight is 282 g/mol. The molecule has 0 aliphatic carbocycles. The third-order valence-electron chi connectivity index (χ3n) is 3.72. The van der Waals surface area contributed by atoms with Crippen LogP contribution in [0, 0.1) is 5.92 Å². The fourth-order valence-electron chi connectivity index (χ4n) is 2.41. The molecule has 19 heavy (non-hydrogen) atoms. The van der Waals surface area contributed by atoms with Gasteiger partial charge in [-0.1, -0.05) is 19.1 Å². The van der Waals surface area contributed by atoms with Crippen LogP contribution in [-0.4, -0.2) is 25.9 Å². The van der Waals surface area contributed by atoms with Gasteiger partial charge in [0.2, 0.25) is 0 Å². The molecule has 1 aromatic rings. The molecule has 1 aromatic carbocycles. The summed E-state index contributed by atoms with van der Waals surface area (Å²) in [4.78, 5) is 0.428. The van der Waals surface area contributed by atoms with E-state index in [2.05, 4.69) is 13.8 Å². The highest BCUT2D eigenvalue weighted by Crippen LogP contribution is 2.31. The molecule has 1 aliphatic heterocycles. The number of hydrogen-bond acceptors (Lipinski definition) is 3. The molecule has 0 radical (unpaired) electrons. The van der Waals surface area contributed by atoms with Crippen molar-refractivity contribution in [1.82, 2.24) is 0 Å². The van der Waals surface area contributed by atoms with Gasteiger partial charge in [-0.05, 0) is 50.8 Å². The van der Waals surface area contributed by atoms with Gasteiger partial charge in [-0.25, -0.2) is 8.42 Å². The minimum atomic E-state index is -3.18. The minimum absolute atomic E-state index is 0.324. The molecule has 0 spiro atoms. The lowest BCUT2D eigenvalue weighted by Crippen LogP contribution is -2.15. The molecule has 0 saturated carbocycles. The van der Waals surface area contributed by atoms with Crippen LogP contribution in [0.2, 0.25) is 0 Å². The molecule has 1 heterocycles. The van der Waals surface area contributed by atoms with Gasteiger partial charge >= 0.3 is 0 Å². The molecule has 0 bridgehead atoms. The molecular weight excluding hydrogens is 260 g/mol. The van der Waals surface area contributed by atoms with Crippen molar-refractivity contribution in [2.75, 3.05) is 0 Å². The standard InChI is InChI=1S/C15H22O3S/c1-10(2)19(16,17)14-7-5-6-13(9-14)8-11(3)15-12(4)18-15/h5-7,9-12,15H,8H2,1-4H3. The van der Waals surface area contributed by atoms with Gasteiger partial charge < -0.3 is 4.74 Å². The minimum Gasteiger partial charge on any atom is -0.370 e. The highest BCUT2D eigenvalue weighted by molar-refractivity contribution is 7.92. The number of hydrogen-bond donors (Lipinski definition) is 0. The van der Waals surface area contributed by atoms with Crippen molar-refractivity contribution in [3.05, 3.63) is 29.8 Å². The van der Waals surface area contributed by atoms with E-state index in [-0.39, 0.29) is 5.25 Å². The van der Waals surface area contributed by atoms with Gasteiger partial charge in [0, 0.05) is 0 Å². The SMILES string of the molecule is CC(Cc1cccc(S(=O)(=O)C(C)C)c1)C1OC1C. The van der Waals surface area contributed by atoms with E-state index in [1.807, 2.05) is 12.1 Å². The lowest BCUT2D eigenvalue weighted by Gasteiger charge is -2.12. The lowest BCUT2D eigenvalue weighted by atomic mass is 9.97. The predicted octanol–water partition coefficient (Wildman–Crippen LogP) is 2.83. The molecule has 0 amide bonds. The Morgan fingerprint density at radius 3 is 2.42 bits per heavy atom. The second-order valence-electron chi connectivity index (χ2n) is 5.73. The first-order valence-corrected chi connectivity index (χ1v) is 8.35. The van der Waals surface area contributed by atoms with Crippen molar-refractivity contribution >= 4 is 9.84 Å². The second-order valence-corrected chi connectivity index (χ2v) is 8.23. The molecule has 3 nitrogen and oxygen atoms in total. The molecule has 0 aromatic heterocycles. The van der Waals surface area contributed by atoms with Crippen LogP contribution in [0.15, 0.2) is 29.2 Å². The van der Waals surface area contributed by atoms with E-state index < -0.39 is 9.84 Å². The number of ether oxygens (including phenoxy) is 1. The fraction of sp³-hybridized carbons (Fsp3) is 0.600. The van der Waals surface area contributed by atoms with Crippen LogP contribution in [0.25, 0.3) is 0 Å². The van der Waals surface area contributed by atoms with Crippen LogP contribution >= 0.6 is 0 Å². The zero-order valence-corrected chi connectivity index (χ0v) is 12.8. The molecule has 2 rings (SSSR count). The van der Waals surface area contributed by atoms with E-state index >= 15 is 0 Å². The maximum atomic E-state index is 12.1. The summed E-state index contributed by atoms with van der Waals surface area (Å²) in [5, 5.41) is -0.382. The third kappa shape index (κ3) is 3.18. The maximum Gasteiger partial charge on any atom is 0.180 e. The fourth-order valence-corrected chi connectivity index (χ4v) is 3.54. The van der Waals surface area contributed by atoms with Gasteiger partial charge in [0.15, 0.2) is 9.84 Å².